The summed E-state index contributed by atoms with van der Waals surface area (Å²) >= 11 is -3.29. The fourth-order valence-electron chi connectivity index (χ4n) is 10.5. The SMILES string of the molecule is C.C.C.C.C.CC#N.CCOP(=O)(/C=C/[C@@H]1C[C@@H](OC(=O)c2ccccc2)C(OC(=O)c2ccccc2)O1)OCC.CCOP(=O)(/C=C/[C@@H]1C[C@@H](OC(=O)c2ccccc2)[C@H](n2cnc3c(NC)ncnc32)O1)OCC.CNc1ncnc2c1ncn2[C@@H]1O[C@H](/C=C/P(=O)(O)O)C[C@H]1O.CNc1ncnc2nc[nH]c12.[Cl][Sn]([Cl])([Cl])[Cl]. The van der Waals surface area contributed by atoms with E-state index < -0.39 is 110 Å². The number of aliphatic hydroxyl groups is 1. The summed E-state index contributed by atoms with van der Waals surface area (Å²) in [6.45, 7) is 9.23. The molecule has 9 heterocycles. The molecule has 0 saturated carbocycles. The molecule has 0 aliphatic carbocycles. The predicted octanol–water partition coefficient (Wildman–Crippen LogP) is 15.8. The number of carbonyl (C=O) groups excluding carboxylic acids is 3. The first-order valence-corrected chi connectivity index (χ1v) is 52.9. The fraction of sp³-hybridized carbons (Fsp3) is 0.403. The molecule has 0 radical (unpaired) electrons. The molecular formula is C72H101Cl4N16O19P3Sn. The second-order valence-corrected chi connectivity index (χ2v) is 53.2. The molecule has 3 saturated heterocycles. The Balaban J connectivity index is 0.000000519. The average molecular weight is 1850 g/mol. The van der Waals surface area contributed by atoms with Gasteiger partial charge in [-0.15, -0.1) is 0 Å². The van der Waals surface area contributed by atoms with Crippen LogP contribution in [0.5, 0.6) is 0 Å². The molecule has 0 amide bonds. The summed E-state index contributed by atoms with van der Waals surface area (Å²) in [5.41, 5.74) is 4.77. The van der Waals surface area contributed by atoms with Gasteiger partial charge in [0.05, 0.1) is 86.5 Å². The van der Waals surface area contributed by atoms with E-state index in [2.05, 4.69) is 65.8 Å². The van der Waals surface area contributed by atoms with Crippen molar-refractivity contribution in [2.45, 2.75) is 146 Å². The van der Waals surface area contributed by atoms with E-state index in [9.17, 15) is 33.2 Å². The van der Waals surface area contributed by atoms with E-state index in [1.807, 2.05) is 13.1 Å². The average Bonchev–Trinajstić information content (AvgIpc) is 1.63. The van der Waals surface area contributed by atoms with Gasteiger partial charge in [-0.05, 0) is 82.3 Å². The number of ether oxygens (including phenoxy) is 6. The Morgan fingerprint density at radius 3 is 1.34 bits per heavy atom. The number of aliphatic hydroxyl groups excluding tert-OH is 1. The molecule has 115 heavy (non-hydrogen) atoms. The van der Waals surface area contributed by atoms with Crippen molar-refractivity contribution in [2.75, 3.05) is 63.5 Å². The van der Waals surface area contributed by atoms with Gasteiger partial charge in [0, 0.05) is 64.8 Å². The van der Waals surface area contributed by atoms with E-state index in [4.69, 9.17) is 97.2 Å². The number of halogens is 4. The maximum atomic E-state index is 12.9. The Bertz CT molecular complexity index is 4640. The number of hydrogen-bond acceptors (Lipinski definition) is 30. The van der Waals surface area contributed by atoms with Gasteiger partial charge < -0.3 is 82.3 Å². The number of hydrogen-bond donors (Lipinski definition) is 7. The van der Waals surface area contributed by atoms with Crippen LogP contribution in [0.1, 0.15) is 135 Å². The molecule has 1 unspecified atom stereocenters. The molecule has 0 spiro atoms. The van der Waals surface area contributed by atoms with E-state index in [1.165, 1.54) is 56.0 Å². The zero-order valence-electron chi connectivity index (χ0n) is 60.3. The number of nitrogens with zero attached hydrogens (tertiary/aromatic N) is 12. The molecule has 12 rings (SSSR count). The number of benzene rings is 3. The molecule has 3 fully saturated rings. The minimum absolute atomic E-state index is 0. The van der Waals surface area contributed by atoms with Gasteiger partial charge >= 0.3 is 90.3 Å². The van der Waals surface area contributed by atoms with E-state index in [1.54, 1.807) is 161 Å². The third-order valence-electron chi connectivity index (χ3n) is 15.0. The van der Waals surface area contributed by atoms with Crippen molar-refractivity contribution >= 4 is 141 Å². The van der Waals surface area contributed by atoms with Gasteiger partial charge in [-0.1, -0.05) is 91.7 Å². The van der Waals surface area contributed by atoms with Crippen molar-refractivity contribution in [3.8, 4) is 6.07 Å². The van der Waals surface area contributed by atoms with E-state index >= 15 is 0 Å². The van der Waals surface area contributed by atoms with E-state index in [0.29, 0.717) is 62.7 Å². The van der Waals surface area contributed by atoms with Crippen LogP contribution in [0.2, 0.25) is 0 Å². The number of aromatic nitrogens is 12. The van der Waals surface area contributed by atoms with Crippen molar-refractivity contribution in [2.24, 2.45) is 0 Å². The summed E-state index contributed by atoms with van der Waals surface area (Å²) in [5, 5.41) is 26.3. The normalized spacial score (nSPS) is 18.8. The van der Waals surface area contributed by atoms with Crippen LogP contribution < -0.4 is 16.0 Å². The molecule has 35 nitrogen and oxygen atoms in total. The Kier molecular flexibility index (Phi) is 45.4. The number of esters is 3. The summed E-state index contributed by atoms with van der Waals surface area (Å²) in [6.07, 6.45) is 7.32. The van der Waals surface area contributed by atoms with E-state index in [-0.39, 0.29) is 76.4 Å². The predicted molar refractivity (Wildman–Crippen MR) is 446 cm³/mol. The van der Waals surface area contributed by atoms with Crippen LogP contribution in [0.15, 0.2) is 165 Å². The molecule has 9 aromatic rings. The molecule has 3 aromatic carbocycles. The quantitative estimate of drug-likeness (QED) is 0.0121. The zero-order chi connectivity index (χ0) is 80.0. The van der Waals surface area contributed by atoms with Crippen molar-refractivity contribution in [1.82, 2.24) is 59.0 Å². The van der Waals surface area contributed by atoms with Crippen LogP contribution in [0.4, 0.5) is 17.5 Å². The van der Waals surface area contributed by atoms with Crippen LogP contribution in [0.25, 0.3) is 33.5 Å². The topological polar surface area (TPSA) is 457 Å². The van der Waals surface area contributed by atoms with Gasteiger partial charge in [-0.3, -0.25) is 22.8 Å². The number of H-pyrrole nitrogens is 1. The van der Waals surface area contributed by atoms with Gasteiger partial charge in [-0.2, -0.15) is 5.26 Å². The summed E-state index contributed by atoms with van der Waals surface area (Å²) in [7, 11) is 14.3. The number of fused-ring (bicyclic) bond motifs is 3. The second kappa shape index (κ2) is 50.6. The first-order valence-electron chi connectivity index (χ1n) is 33.6. The maximum absolute atomic E-state index is 12.9. The summed E-state index contributed by atoms with van der Waals surface area (Å²) in [4.78, 5) is 95.9. The number of nitriles is 1. The summed E-state index contributed by atoms with van der Waals surface area (Å²) < 4.78 is 95.5. The Hall–Kier alpha value is -7.92. The van der Waals surface area contributed by atoms with Crippen LogP contribution in [0.3, 0.4) is 0 Å². The molecule has 43 heteroatoms. The number of carbonyl (C=O) groups is 3. The first-order chi connectivity index (χ1) is 52.6. The van der Waals surface area contributed by atoms with Crippen molar-refractivity contribution in [1.29, 1.82) is 5.26 Å². The van der Waals surface area contributed by atoms with Crippen LogP contribution in [-0.2, 0) is 60.2 Å². The number of rotatable bonds is 25. The first kappa shape index (κ1) is 103. The van der Waals surface area contributed by atoms with Crippen LogP contribution in [-0.4, -0.2) is 196 Å². The minimum atomic E-state index is -4.26. The molecule has 3 aliphatic heterocycles. The van der Waals surface area contributed by atoms with Crippen molar-refractivity contribution in [3.05, 3.63) is 181 Å². The molecule has 6 aromatic heterocycles. The van der Waals surface area contributed by atoms with E-state index in [0.717, 1.165) is 17.2 Å². The Morgan fingerprint density at radius 2 is 0.913 bits per heavy atom. The monoisotopic (exact) mass is 1850 g/mol. The third kappa shape index (κ3) is 31.8. The molecule has 0 bridgehead atoms. The molecule has 9 atom stereocenters. The van der Waals surface area contributed by atoms with Crippen molar-refractivity contribution in [3.63, 3.8) is 0 Å². The molecule has 7 N–H and O–H groups in total. The van der Waals surface area contributed by atoms with Crippen LogP contribution in [0, 0.1) is 11.3 Å². The number of aromatic amines is 1. The molecule has 3 aliphatic rings. The third-order valence-corrected chi connectivity index (χ3v) is 19.1. The van der Waals surface area contributed by atoms with Crippen LogP contribution >= 0.6 is 58.5 Å². The number of nitrogens with one attached hydrogen (secondary N) is 4. The molecule has 630 valence electrons. The summed E-state index contributed by atoms with van der Waals surface area (Å²) in [5.74, 6) is 3.74. The fourth-order valence-corrected chi connectivity index (χ4v) is 13.6. The van der Waals surface area contributed by atoms with Gasteiger partial charge in [0.15, 0.2) is 59.1 Å². The standard InChI is InChI=1S/C24H27O8P.C23H28N5O6P.C12H16N5O5P.C6H7N5.C2H3N.5CH4.4ClH.Sn/c1-3-28-33(27,29-4-2)16-15-20-17-21(31-22(25)18-11-7-5-8-12-18)24(30-20)32-23(26)19-13-9-6-10-14-19;1-4-31-35(30,32-5-2)12-11-17-13-18(34-23(29)16-9-7-6-8-10-16)22(33-17)28-15-27-19-20(24-3)25-14-26-21(19)28;1-13-10-9-11(15-5-14-10)17(6-16-9)12-8(18)4-7(22-12)2-3-23(19,20)21;1-7-5-4-6(10-2-8-4)11-3-9-5;1-2-3;;;;;;;;;;/h5-16,20-21,24H,3-4,17H2,1-2H3;6-12,14-15,17-18,22H,4-5,13H2,1-3H3,(H,24,25,26);2-3,5-8,12,18H,4H2,1H3,(H,13,14,15)(H2,19,20,21);2-3H,1H3,(H2,7,8,9,10,11);1H3;5*1H4;4*1H;/q;;;;;;;;;;;;;;+4/p-4/b16-15+;12-11+;3-2+;;;;;;;;;;;;/t20-,21-,24?;17-,18-,22-;7-,8-,12-;;;;;;;;;;;;/m111............/s1. The molecular weight excluding hydrogens is 1750 g/mol. The van der Waals surface area contributed by atoms with Gasteiger partial charge in [-0.25, -0.2) is 59.2 Å². The Morgan fingerprint density at radius 1 is 0.548 bits per heavy atom. The van der Waals surface area contributed by atoms with Gasteiger partial charge in [0.2, 0.25) is 6.29 Å². The van der Waals surface area contributed by atoms with Gasteiger partial charge in [0.1, 0.15) is 41.6 Å². The second-order valence-electron chi connectivity index (χ2n) is 22.5. The number of imidazole rings is 3. The van der Waals surface area contributed by atoms with Crippen molar-refractivity contribution < 1.29 is 89.5 Å². The zero-order valence-corrected chi connectivity index (χ0v) is 68.9. The Labute approximate surface area is 687 Å². The summed E-state index contributed by atoms with van der Waals surface area (Å²) in [6, 6.07) is 27.4. The van der Waals surface area contributed by atoms with Gasteiger partial charge in [0.25, 0.3) is 0 Å². The number of anilines is 3.